The van der Waals surface area contributed by atoms with Crippen LogP contribution in [-0.2, 0) is 11.3 Å². The number of carbonyl (C=O) groups excluding carboxylic acids is 1. The maximum Gasteiger partial charge on any atom is 0.207 e. The molecule has 1 atom stereocenters. The number of anilines is 1. The minimum Gasteiger partial charge on any atom is -1.00 e. The van der Waals surface area contributed by atoms with Crippen LogP contribution < -0.4 is 28.2 Å². The molecule has 3 N–H and O–H groups in total. The molecule has 0 spiro atoms. The summed E-state index contributed by atoms with van der Waals surface area (Å²) in [6.07, 6.45) is 2.88. The highest BCUT2D eigenvalue weighted by Gasteiger charge is 2.24. The van der Waals surface area contributed by atoms with Crippen molar-refractivity contribution in [3.05, 3.63) is 23.8 Å². The predicted octanol–water partition coefficient (Wildman–Crippen LogP) is -0.447. The number of nitrogens with zero attached hydrogens (tertiary/aromatic N) is 1. The van der Waals surface area contributed by atoms with Gasteiger partial charge in [0.25, 0.3) is 0 Å². The number of amides is 1. The number of halogens is 1. The highest BCUT2D eigenvalue weighted by Crippen LogP contribution is 2.25. The summed E-state index contributed by atoms with van der Waals surface area (Å²) >= 11 is 0. The van der Waals surface area contributed by atoms with E-state index < -0.39 is 0 Å². The van der Waals surface area contributed by atoms with E-state index in [2.05, 4.69) is 25.2 Å². The molecule has 0 radical (unpaired) electrons. The van der Waals surface area contributed by atoms with Gasteiger partial charge in [0.05, 0.1) is 32.4 Å². The van der Waals surface area contributed by atoms with E-state index in [0.29, 0.717) is 5.69 Å². The third-order valence-corrected chi connectivity index (χ3v) is 4.78. The van der Waals surface area contributed by atoms with Gasteiger partial charge in [-0.25, -0.2) is 0 Å². The number of hydrogen-bond donors (Lipinski definition) is 2. The summed E-state index contributed by atoms with van der Waals surface area (Å²) in [7, 11) is 1.64. The van der Waals surface area contributed by atoms with E-state index in [1.54, 1.807) is 7.11 Å². The SMILES string of the molecule is CC[N+](CC)(CCCC(C)NC=O)Cc1ccc(OC)c(N)c1.[Cl-]. The Morgan fingerprint density at radius 1 is 1.33 bits per heavy atom. The van der Waals surface area contributed by atoms with E-state index in [0.717, 1.165) is 55.7 Å². The van der Waals surface area contributed by atoms with Gasteiger partial charge in [0.1, 0.15) is 12.3 Å². The summed E-state index contributed by atoms with van der Waals surface area (Å²) in [6.45, 7) is 10.8. The lowest BCUT2D eigenvalue weighted by Crippen LogP contribution is -3.00. The van der Waals surface area contributed by atoms with Gasteiger partial charge in [-0.15, -0.1) is 0 Å². The van der Waals surface area contributed by atoms with Crippen LogP contribution in [0.3, 0.4) is 0 Å². The molecule has 1 unspecified atom stereocenters. The molecule has 24 heavy (non-hydrogen) atoms. The van der Waals surface area contributed by atoms with Crippen molar-refractivity contribution in [3.8, 4) is 5.75 Å². The fourth-order valence-corrected chi connectivity index (χ4v) is 3.04. The quantitative estimate of drug-likeness (QED) is 0.320. The number of nitrogens with one attached hydrogen (secondary N) is 1. The van der Waals surface area contributed by atoms with Crippen molar-refractivity contribution in [2.75, 3.05) is 32.5 Å². The lowest BCUT2D eigenvalue weighted by atomic mass is 10.1. The molecule has 0 heterocycles. The normalized spacial score (nSPS) is 12.2. The second-order valence-electron chi connectivity index (χ2n) is 6.26. The zero-order valence-electron chi connectivity index (χ0n) is 15.3. The molecule has 6 heteroatoms. The average Bonchev–Trinajstić information content (AvgIpc) is 2.54. The fraction of sp³-hybridized carbons (Fsp3) is 0.611. The Labute approximate surface area is 152 Å². The van der Waals surface area contributed by atoms with E-state index in [1.807, 2.05) is 19.1 Å². The molecule has 0 aromatic heterocycles. The van der Waals surface area contributed by atoms with Gasteiger partial charge in [-0.2, -0.15) is 0 Å². The summed E-state index contributed by atoms with van der Waals surface area (Å²) in [5.41, 5.74) is 7.97. The van der Waals surface area contributed by atoms with Crippen LogP contribution in [0.2, 0.25) is 0 Å². The maximum atomic E-state index is 10.5. The number of carbonyl (C=O) groups is 1. The first-order valence-electron chi connectivity index (χ1n) is 8.47. The zero-order valence-corrected chi connectivity index (χ0v) is 16.1. The average molecular weight is 358 g/mol. The van der Waals surface area contributed by atoms with Crippen LogP contribution in [-0.4, -0.2) is 43.7 Å². The van der Waals surface area contributed by atoms with Crippen LogP contribution in [0.25, 0.3) is 0 Å². The number of hydrogen-bond acceptors (Lipinski definition) is 3. The molecule has 1 aromatic rings. The number of nitrogen functional groups attached to an aromatic ring is 1. The van der Waals surface area contributed by atoms with Crippen molar-refractivity contribution in [2.45, 2.75) is 46.2 Å². The minimum absolute atomic E-state index is 0. The van der Waals surface area contributed by atoms with Crippen LogP contribution in [0.4, 0.5) is 5.69 Å². The van der Waals surface area contributed by atoms with E-state index in [4.69, 9.17) is 10.5 Å². The number of ether oxygens (including phenoxy) is 1. The minimum atomic E-state index is 0. The summed E-state index contributed by atoms with van der Waals surface area (Å²) < 4.78 is 6.26. The van der Waals surface area contributed by atoms with Crippen molar-refractivity contribution in [1.82, 2.24) is 5.32 Å². The van der Waals surface area contributed by atoms with Gasteiger partial charge in [-0.3, -0.25) is 4.79 Å². The molecule has 0 bridgehead atoms. The van der Waals surface area contributed by atoms with Gasteiger partial charge < -0.3 is 32.7 Å². The van der Waals surface area contributed by atoms with E-state index in [9.17, 15) is 4.79 Å². The number of nitrogens with two attached hydrogens (primary N) is 1. The second-order valence-corrected chi connectivity index (χ2v) is 6.26. The van der Waals surface area contributed by atoms with E-state index in [1.165, 1.54) is 5.56 Å². The molecule has 0 aliphatic carbocycles. The van der Waals surface area contributed by atoms with Crippen molar-refractivity contribution in [3.63, 3.8) is 0 Å². The molecule has 1 amide bonds. The van der Waals surface area contributed by atoms with Gasteiger partial charge in [-0.05, 0) is 51.8 Å². The highest BCUT2D eigenvalue weighted by molar-refractivity contribution is 5.54. The molecular weight excluding hydrogens is 326 g/mol. The number of quaternary nitrogens is 1. The summed E-state index contributed by atoms with van der Waals surface area (Å²) in [5.74, 6) is 0.730. The molecule has 5 nitrogen and oxygen atoms in total. The van der Waals surface area contributed by atoms with Crippen LogP contribution in [0.5, 0.6) is 5.75 Å². The Bertz CT molecular complexity index is 493. The topological polar surface area (TPSA) is 64.3 Å². The monoisotopic (exact) mass is 357 g/mol. The van der Waals surface area contributed by atoms with Crippen molar-refractivity contribution < 1.29 is 26.4 Å². The highest BCUT2D eigenvalue weighted by atomic mass is 35.5. The molecule has 0 saturated heterocycles. The standard InChI is InChI=1S/C18H31N3O2.ClH/c1-5-21(6-2,11-7-8-15(3)20-14-22)13-16-9-10-18(23-4)17(19)12-16;/h9-10,12,14-15H,5-8,11,13,19H2,1-4H3;1H. The smallest absolute Gasteiger partial charge is 0.207 e. The van der Waals surface area contributed by atoms with Gasteiger partial charge in [0.2, 0.25) is 6.41 Å². The first-order chi connectivity index (χ1) is 11.0. The molecule has 1 rings (SSSR count). The Morgan fingerprint density at radius 2 is 2.00 bits per heavy atom. The maximum absolute atomic E-state index is 10.5. The van der Waals surface area contributed by atoms with Gasteiger partial charge in [0.15, 0.2) is 0 Å². The molecule has 0 saturated carbocycles. The number of benzene rings is 1. The molecule has 0 aliphatic rings. The first kappa shape index (κ1) is 22.5. The van der Waals surface area contributed by atoms with Crippen molar-refractivity contribution in [1.29, 1.82) is 0 Å². The van der Waals surface area contributed by atoms with Gasteiger partial charge in [-0.1, -0.05) is 0 Å². The molecule has 0 fully saturated rings. The fourth-order valence-electron chi connectivity index (χ4n) is 3.04. The van der Waals surface area contributed by atoms with Gasteiger partial charge in [0, 0.05) is 11.6 Å². The van der Waals surface area contributed by atoms with Crippen LogP contribution in [0, 0.1) is 0 Å². The van der Waals surface area contributed by atoms with E-state index >= 15 is 0 Å². The molecular formula is C18H32ClN3O2. The Hall–Kier alpha value is -1.46. The summed E-state index contributed by atoms with van der Waals surface area (Å²) in [4.78, 5) is 10.5. The lowest BCUT2D eigenvalue weighted by molar-refractivity contribution is -0.938. The Morgan fingerprint density at radius 3 is 2.50 bits per heavy atom. The second kappa shape index (κ2) is 11.2. The first-order valence-corrected chi connectivity index (χ1v) is 8.47. The molecule has 1 aromatic carbocycles. The predicted molar refractivity (Wildman–Crippen MR) is 95.2 cm³/mol. The third-order valence-electron chi connectivity index (χ3n) is 4.78. The Kier molecular flexibility index (Phi) is 10.5. The number of rotatable bonds is 11. The van der Waals surface area contributed by atoms with E-state index in [-0.39, 0.29) is 18.4 Å². The third kappa shape index (κ3) is 6.57. The van der Waals surface area contributed by atoms with Crippen LogP contribution in [0.15, 0.2) is 18.2 Å². The molecule has 0 aliphatic heterocycles. The zero-order chi connectivity index (χ0) is 17.3. The molecule has 138 valence electrons. The van der Waals surface area contributed by atoms with Crippen molar-refractivity contribution in [2.24, 2.45) is 0 Å². The van der Waals surface area contributed by atoms with Gasteiger partial charge >= 0.3 is 0 Å². The van der Waals surface area contributed by atoms with Crippen LogP contribution >= 0.6 is 0 Å². The van der Waals surface area contributed by atoms with Crippen LogP contribution in [0.1, 0.15) is 39.2 Å². The summed E-state index contributed by atoms with van der Waals surface area (Å²) in [5, 5.41) is 2.82. The largest absolute Gasteiger partial charge is 1.00 e. The number of methoxy groups -OCH3 is 1. The Balaban J connectivity index is 0.00000529. The van der Waals surface area contributed by atoms with Crippen molar-refractivity contribution >= 4 is 12.1 Å². The lowest BCUT2D eigenvalue weighted by Gasteiger charge is -2.37. The summed E-state index contributed by atoms with van der Waals surface area (Å²) in [6, 6.07) is 6.30.